The number of urea groups is 1. The Balaban J connectivity index is 1.40. The van der Waals surface area contributed by atoms with Crippen molar-refractivity contribution in [1.29, 1.82) is 0 Å². The lowest BCUT2D eigenvalue weighted by Crippen LogP contribution is -2.37. The highest BCUT2D eigenvalue weighted by atomic mass is 16.2. The molecular formula is C22H29N3O. The lowest BCUT2D eigenvalue weighted by atomic mass is 9.98. The van der Waals surface area contributed by atoms with Crippen molar-refractivity contribution in [2.24, 2.45) is 0 Å². The Morgan fingerprint density at radius 1 is 1.00 bits per heavy atom. The van der Waals surface area contributed by atoms with Gasteiger partial charge in [0.1, 0.15) is 0 Å². The van der Waals surface area contributed by atoms with E-state index in [0.717, 1.165) is 32.4 Å². The summed E-state index contributed by atoms with van der Waals surface area (Å²) in [7, 11) is 0. The van der Waals surface area contributed by atoms with Crippen LogP contribution in [0.25, 0.3) is 0 Å². The van der Waals surface area contributed by atoms with Crippen molar-refractivity contribution in [1.82, 2.24) is 10.6 Å². The Bertz CT molecular complexity index is 715. The van der Waals surface area contributed by atoms with Crippen LogP contribution < -0.4 is 15.5 Å². The van der Waals surface area contributed by atoms with Gasteiger partial charge in [0.15, 0.2) is 0 Å². The molecule has 0 bridgehead atoms. The number of nitrogens with zero attached hydrogens (tertiary/aromatic N) is 1. The number of aryl methyl sites for hydroxylation is 1. The van der Waals surface area contributed by atoms with Crippen LogP contribution in [0.2, 0.25) is 0 Å². The van der Waals surface area contributed by atoms with E-state index in [-0.39, 0.29) is 6.03 Å². The zero-order chi connectivity index (χ0) is 18.2. The fraction of sp³-hybridized carbons (Fsp3) is 0.409. The fourth-order valence-corrected chi connectivity index (χ4v) is 3.56. The van der Waals surface area contributed by atoms with Gasteiger partial charge in [-0.3, -0.25) is 0 Å². The summed E-state index contributed by atoms with van der Waals surface area (Å²) in [4.78, 5) is 14.4. The third-order valence-electron chi connectivity index (χ3n) is 4.98. The van der Waals surface area contributed by atoms with Crippen LogP contribution in [0, 0.1) is 0 Å². The van der Waals surface area contributed by atoms with E-state index >= 15 is 0 Å². The van der Waals surface area contributed by atoms with Gasteiger partial charge >= 0.3 is 6.03 Å². The van der Waals surface area contributed by atoms with Crippen LogP contribution in [0.4, 0.5) is 10.5 Å². The molecule has 0 spiro atoms. The predicted octanol–water partition coefficient (Wildman–Crippen LogP) is 3.54. The molecule has 2 amide bonds. The van der Waals surface area contributed by atoms with Crippen LogP contribution in [0.5, 0.6) is 0 Å². The summed E-state index contributed by atoms with van der Waals surface area (Å²) in [6.07, 6.45) is 4.11. The Hall–Kier alpha value is -2.49. The van der Waals surface area contributed by atoms with Crippen molar-refractivity contribution in [2.75, 3.05) is 31.1 Å². The summed E-state index contributed by atoms with van der Waals surface area (Å²) >= 11 is 0. The molecule has 26 heavy (non-hydrogen) atoms. The van der Waals surface area contributed by atoms with Gasteiger partial charge in [0.2, 0.25) is 0 Å². The number of carbonyl (C=O) groups is 1. The number of amides is 2. The Morgan fingerprint density at radius 3 is 2.46 bits per heavy atom. The van der Waals surface area contributed by atoms with Gasteiger partial charge in [-0.05, 0) is 55.4 Å². The minimum absolute atomic E-state index is 0.0870. The van der Waals surface area contributed by atoms with Crippen LogP contribution in [0.1, 0.15) is 30.0 Å². The summed E-state index contributed by atoms with van der Waals surface area (Å²) in [5, 5.41) is 5.88. The molecule has 4 nitrogen and oxygen atoms in total. The molecule has 1 heterocycles. The van der Waals surface area contributed by atoms with Crippen molar-refractivity contribution in [2.45, 2.75) is 32.6 Å². The lowest BCUT2D eigenvalue weighted by molar-refractivity contribution is 0.241. The highest BCUT2D eigenvalue weighted by Gasteiger charge is 2.15. The molecule has 1 aliphatic rings. The third kappa shape index (κ3) is 5.01. The average Bonchev–Trinajstić information content (AvgIpc) is 2.68. The molecule has 0 unspecified atom stereocenters. The Morgan fingerprint density at radius 2 is 1.73 bits per heavy atom. The maximum absolute atomic E-state index is 11.9. The number of rotatable bonds is 7. The highest BCUT2D eigenvalue weighted by molar-refractivity contribution is 5.73. The van der Waals surface area contributed by atoms with E-state index in [4.69, 9.17) is 0 Å². The largest absolute Gasteiger partial charge is 0.372 e. The Labute approximate surface area is 156 Å². The topological polar surface area (TPSA) is 44.4 Å². The summed E-state index contributed by atoms with van der Waals surface area (Å²) in [5.41, 5.74) is 5.37. The first-order chi connectivity index (χ1) is 12.8. The average molecular weight is 351 g/mol. The monoisotopic (exact) mass is 351 g/mol. The molecule has 0 saturated carbocycles. The second-order valence-electron chi connectivity index (χ2n) is 6.81. The molecule has 4 heteroatoms. The van der Waals surface area contributed by atoms with Gasteiger partial charge in [0.25, 0.3) is 0 Å². The van der Waals surface area contributed by atoms with Crippen LogP contribution in [-0.2, 0) is 19.3 Å². The van der Waals surface area contributed by atoms with E-state index in [1.165, 1.54) is 28.8 Å². The lowest BCUT2D eigenvalue weighted by Gasteiger charge is -2.30. The molecule has 0 atom stereocenters. The predicted molar refractivity (Wildman–Crippen MR) is 108 cm³/mol. The second-order valence-corrected chi connectivity index (χ2v) is 6.81. The summed E-state index contributed by atoms with van der Waals surface area (Å²) < 4.78 is 0. The minimum atomic E-state index is -0.0870. The first-order valence-electron chi connectivity index (χ1n) is 9.68. The molecule has 0 saturated heterocycles. The minimum Gasteiger partial charge on any atom is -0.372 e. The molecule has 0 aliphatic carbocycles. The standard InChI is InChI=1S/C22H29N3O/c1-2-25-16-6-9-20-17-19(10-11-21(20)25)13-15-24-22(26)23-14-12-18-7-4-3-5-8-18/h3-5,7-8,10-11,17H,2,6,9,12-16H2,1H3,(H2,23,24,26). The number of hydrogen-bond acceptors (Lipinski definition) is 2. The molecule has 0 radical (unpaired) electrons. The van der Waals surface area contributed by atoms with E-state index in [1.807, 2.05) is 18.2 Å². The van der Waals surface area contributed by atoms with Crippen molar-refractivity contribution in [3.63, 3.8) is 0 Å². The van der Waals surface area contributed by atoms with Crippen LogP contribution >= 0.6 is 0 Å². The van der Waals surface area contributed by atoms with Crippen LogP contribution in [0.3, 0.4) is 0 Å². The highest BCUT2D eigenvalue weighted by Crippen LogP contribution is 2.27. The molecule has 2 aromatic carbocycles. The van der Waals surface area contributed by atoms with Gasteiger partial charge in [-0.15, -0.1) is 0 Å². The van der Waals surface area contributed by atoms with Crippen LogP contribution in [-0.4, -0.2) is 32.2 Å². The van der Waals surface area contributed by atoms with Gasteiger partial charge in [-0.2, -0.15) is 0 Å². The van der Waals surface area contributed by atoms with Gasteiger partial charge < -0.3 is 15.5 Å². The molecule has 1 aliphatic heterocycles. The molecule has 3 rings (SSSR count). The summed E-state index contributed by atoms with van der Waals surface area (Å²) in [6.45, 7) is 5.75. The third-order valence-corrected chi connectivity index (χ3v) is 4.98. The first-order valence-corrected chi connectivity index (χ1v) is 9.68. The summed E-state index contributed by atoms with van der Waals surface area (Å²) in [5.74, 6) is 0. The second kappa shape index (κ2) is 9.27. The Kier molecular flexibility index (Phi) is 6.53. The fourth-order valence-electron chi connectivity index (χ4n) is 3.56. The number of nitrogens with one attached hydrogen (secondary N) is 2. The zero-order valence-electron chi connectivity index (χ0n) is 15.6. The van der Waals surface area contributed by atoms with Crippen molar-refractivity contribution < 1.29 is 4.79 Å². The van der Waals surface area contributed by atoms with E-state index in [1.54, 1.807) is 0 Å². The number of carbonyl (C=O) groups excluding carboxylic acids is 1. The van der Waals surface area contributed by atoms with Gasteiger partial charge in [-0.1, -0.05) is 42.5 Å². The SMILES string of the molecule is CCN1CCCc2cc(CCNC(=O)NCCc3ccccc3)ccc21. The van der Waals surface area contributed by atoms with E-state index in [9.17, 15) is 4.79 Å². The summed E-state index contributed by atoms with van der Waals surface area (Å²) in [6, 6.07) is 16.9. The molecule has 138 valence electrons. The van der Waals surface area contributed by atoms with E-state index < -0.39 is 0 Å². The van der Waals surface area contributed by atoms with Crippen molar-refractivity contribution in [3.8, 4) is 0 Å². The smallest absolute Gasteiger partial charge is 0.314 e. The molecule has 0 fully saturated rings. The number of anilines is 1. The quantitative estimate of drug-likeness (QED) is 0.801. The molecule has 0 aromatic heterocycles. The number of fused-ring (bicyclic) bond motifs is 1. The molecule has 2 N–H and O–H groups in total. The number of hydrogen-bond donors (Lipinski definition) is 2. The zero-order valence-corrected chi connectivity index (χ0v) is 15.6. The molecular weight excluding hydrogens is 322 g/mol. The van der Waals surface area contributed by atoms with Gasteiger partial charge in [-0.25, -0.2) is 4.79 Å². The van der Waals surface area contributed by atoms with E-state index in [0.29, 0.717) is 13.1 Å². The van der Waals surface area contributed by atoms with Gasteiger partial charge in [0.05, 0.1) is 0 Å². The van der Waals surface area contributed by atoms with E-state index in [2.05, 4.69) is 52.8 Å². The first kappa shape index (κ1) is 18.3. The van der Waals surface area contributed by atoms with Crippen molar-refractivity contribution in [3.05, 3.63) is 65.2 Å². The van der Waals surface area contributed by atoms with Crippen molar-refractivity contribution >= 4 is 11.7 Å². The normalized spacial score (nSPS) is 13.2. The van der Waals surface area contributed by atoms with Gasteiger partial charge in [0, 0.05) is 31.9 Å². The maximum atomic E-state index is 11.9. The number of benzene rings is 2. The van der Waals surface area contributed by atoms with Crippen LogP contribution in [0.15, 0.2) is 48.5 Å². The molecule has 2 aromatic rings. The maximum Gasteiger partial charge on any atom is 0.314 e.